The van der Waals surface area contributed by atoms with Crippen LogP contribution in [0, 0.1) is 6.92 Å². The second-order valence-corrected chi connectivity index (χ2v) is 15.9. The lowest BCUT2D eigenvalue weighted by Gasteiger charge is -2.28. The van der Waals surface area contributed by atoms with Gasteiger partial charge in [-0.15, -0.1) is 0 Å². The molecule has 288 valence electrons. The van der Waals surface area contributed by atoms with Crippen molar-refractivity contribution in [2.75, 3.05) is 16.8 Å². The van der Waals surface area contributed by atoms with Crippen LogP contribution in [0.2, 0.25) is 0 Å². The molecule has 0 bridgehead atoms. The second kappa shape index (κ2) is 15.4. The van der Waals surface area contributed by atoms with Crippen LogP contribution in [0.1, 0.15) is 30.0 Å². The van der Waals surface area contributed by atoms with E-state index in [-0.39, 0.29) is 0 Å². The summed E-state index contributed by atoms with van der Waals surface area (Å²) >= 11 is 0. The van der Waals surface area contributed by atoms with Crippen LogP contribution in [0.3, 0.4) is 0 Å². The number of hydrogen-bond acceptors (Lipinski definition) is 2. The van der Waals surface area contributed by atoms with Crippen LogP contribution in [0.15, 0.2) is 218 Å². The maximum absolute atomic E-state index is 4.65. The van der Waals surface area contributed by atoms with Crippen LogP contribution in [0.5, 0.6) is 0 Å². The monoisotopic (exact) mass is 770 g/mol. The van der Waals surface area contributed by atoms with Gasteiger partial charge in [-0.3, -0.25) is 0 Å². The van der Waals surface area contributed by atoms with E-state index in [9.17, 15) is 0 Å². The highest BCUT2D eigenvalue weighted by atomic mass is 15.2. The smallest absolute Gasteiger partial charge is 0.0493 e. The van der Waals surface area contributed by atoms with Crippen molar-refractivity contribution in [1.82, 2.24) is 0 Å². The van der Waals surface area contributed by atoms with Gasteiger partial charge in [-0.25, -0.2) is 0 Å². The molecule has 9 aromatic carbocycles. The lowest BCUT2D eigenvalue weighted by Crippen LogP contribution is -2.20. The number of nitrogens with zero attached hydrogens (tertiary/aromatic N) is 2. The molecule has 0 N–H and O–H groups in total. The van der Waals surface area contributed by atoms with Crippen LogP contribution in [0.4, 0.5) is 17.1 Å². The first-order valence-corrected chi connectivity index (χ1v) is 20.8. The zero-order valence-corrected chi connectivity index (χ0v) is 34.4. The first-order chi connectivity index (χ1) is 29.4. The molecule has 1 aliphatic rings. The van der Waals surface area contributed by atoms with Gasteiger partial charge in [0.25, 0.3) is 0 Å². The molecule has 9 aromatic rings. The predicted octanol–water partition coefficient (Wildman–Crippen LogP) is 15.8. The number of allylic oxidation sites excluding steroid dienone is 6. The Kier molecular flexibility index (Phi) is 9.47. The van der Waals surface area contributed by atoms with Gasteiger partial charge in [-0.2, -0.15) is 0 Å². The number of benzene rings is 9. The Morgan fingerprint density at radius 2 is 1.22 bits per heavy atom. The lowest BCUT2D eigenvalue weighted by atomic mass is 9.89. The van der Waals surface area contributed by atoms with E-state index in [1.807, 2.05) is 0 Å². The van der Waals surface area contributed by atoms with E-state index in [0.717, 1.165) is 29.2 Å². The maximum Gasteiger partial charge on any atom is 0.0493 e. The topological polar surface area (TPSA) is 6.48 Å². The summed E-state index contributed by atoms with van der Waals surface area (Å²) in [6, 6.07) is 61.5. The van der Waals surface area contributed by atoms with Gasteiger partial charge in [-0.1, -0.05) is 164 Å². The summed E-state index contributed by atoms with van der Waals surface area (Å²) in [6.45, 7) is 9.00. The summed E-state index contributed by atoms with van der Waals surface area (Å²) in [5.74, 6) is 0. The van der Waals surface area contributed by atoms with Gasteiger partial charge in [0.1, 0.15) is 0 Å². The minimum atomic E-state index is 0.904. The standard InChI is InChI=1S/C58H46N2/c1-39-14-8-9-15-42(39)28-27-41(3)60(49-21-10-20-47(38-49)44-16-6-5-7-17-44)55(45-29-30-45)36-26-40(2)43-31-33-48(34-32-43)59(4)56-37-35-53-51-23-12-19-46-18-11-22-50(57(46)51)52-24-13-25-54(56)58(52)53/h5-29,31-38H,3,30H2,1-2,4H3/b28-27-,40-26+,55-36+. The maximum atomic E-state index is 4.65. The molecule has 10 rings (SSSR count). The Morgan fingerprint density at radius 3 is 1.95 bits per heavy atom. The highest BCUT2D eigenvalue weighted by molar-refractivity contribution is 6.34. The van der Waals surface area contributed by atoms with E-state index < -0.39 is 0 Å². The minimum absolute atomic E-state index is 0.904. The van der Waals surface area contributed by atoms with Crippen molar-refractivity contribution in [2.24, 2.45) is 0 Å². The quantitative estimate of drug-likeness (QED) is 0.0734. The largest absolute Gasteiger partial charge is 0.344 e. The van der Waals surface area contributed by atoms with Gasteiger partial charge >= 0.3 is 0 Å². The van der Waals surface area contributed by atoms with E-state index in [4.69, 9.17) is 0 Å². The van der Waals surface area contributed by atoms with Gasteiger partial charge in [-0.05, 0) is 139 Å². The molecule has 60 heavy (non-hydrogen) atoms. The van der Waals surface area contributed by atoms with Crippen molar-refractivity contribution in [2.45, 2.75) is 20.3 Å². The van der Waals surface area contributed by atoms with Crippen LogP contribution >= 0.6 is 0 Å². The van der Waals surface area contributed by atoms with E-state index in [2.05, 4.69) is 238 Å². The molecule has 0 saturated heterocycles. The molecular weight excluding hydrogens is 725 g/mol. The molecule has 0 atom stereocenters. The van der Waals surface area contributed by atoms with Crippen LogP contribution < -0.4 is 9.80 Å². The fraction of sp³-hybridized carbons (Fsp3) is 0.0690. The molecule has 0 radical (unpaired) electrons. The van der Waals surface area contributed by atoms with Crippen molar-refractivity contribution in [1.29, 1.82) is 0 Å². The normalized spacial score (nSPS) is 13.2. The fourth-order valence-corrected chi connectivity index (χ4v) is 8.84. The van der Waals surface area contributed by atoms with Crippen LogP contribution in [-0.4, -0.2) is 7.05 Å². The first-order valence-electron chi connectivity index (χ1n) is 20.8. The Balaban J connectivity index is 0.980. The number of hydrogen-bond donors (Lipinski definition) is 0. The number of fused-ring (bicyclic) bond motifs is 2. The molecule has 2 nitrogen and oxygen atoms in total. The van der Waals surface area contributed by atoms with Gasteiger partial charge in [0, 0.05) is 40.9 Å². The average Bonchev–Trinajstić information content (AvgIpc) is 4.15. The van der Waals surface area contributed by atoms with Crippen molar-refractivity contribution in [3.8, 4) is 11.1 Å². The molecule has 2 heteroatoms. The molecule has 0 spiro atoms. The third kappa shape index (κ3) is 6.76. The molecule has 0 fully saturated rings. The Morgan fingerprint density at radius 1 is 0.583 bits per heavy atom. The minimum Gasteiger partial charge on any atom is -0.344 e. The summed E-state index contributed by atoms with van der Waals surface area (Å²) in [6.07, 6.45) is 12.1. The summed E-state index contributed by atoms with van der Waals surface area (Å²) in [4.78, 5) is 4.63. The summed E-state index contributed by atoms with van der Waals surface area (Å²) in [5, 5.41) is 10.5. The highest BCUT2D eigenvalue weighted by Crippen LogP contribution is 2.44. The zero-order valence-electron chi connectivity index (χ0n) is 34.4. The SMILES string of the molecule is C=C(/C=C\c1ccccc1C)N(/C(=C/C=C(\C)c1ccc(N(C)c2ccc3c4cccc5cccc(c6cccc2c63)c54)cc1)C1=CC1)c1cccc(-c2ccccc2)c1. The van der Waals surface area contributed by atoms with E-state index >= 15 is 0 Å². The molecule has 1 aliphatic carbocycles. The van der Waals surface area contributed by atoms with Crippen molar-refractivity contribution in [3.63, 3.8) is 0 Å². The number of aryl methyl sites for hydroxylation is 1. The lowest BCUT2D eigenvalue weighted by molar-refractivity contribution is 1.13. The third-order valence-corrected chi connectivity index (χ3v) is 12.2. The predicted molar refractivity (Wildman–Crippen MR) is 260 cm³/mol. The Labute approximate surface area is 353 Å². The fourth-order valence-electron chi connectivity index (χ4n) is 8.84. The second-order valence-electron chi connectivity index (χ2n) is 15.9. The van der Waals surface area contributed by atoms with Gasteiger partial charge in [0.05, 0.1) is 0 Å². The van der Waals surface area contributed by atoms with Crippen molar-refractivity contribution < 1.29 is 0 Å². The summed E-state index contributed by atoms with van der Waals surface area (Å²) in [5.41, 5.74) is 13.9. The average molecular weight is 771 g/mol. The first kappa shape index (κ1) is 36.9. The molecular formula is C58H46N2. The Hall–Kier alpha value is -7.42. The molecule has 0 unspecified atom stereocenters. The van der Waals surface area contributed by atoms with E-state index in [1.165, 1.54) is 87.7 Å². The summed E-state index contributed by atoms with van der Waals surface area (Å²) in [7, 11) is 2.18. The third-order valence-electron chi connectivity index (χ3n) is 12.2. The molecule has 0 aliphatic heterocycles. The van der Waals surface area contributed by atoms with Crippen molar-refractivity contribution in [3.05, 3.63) is 234 Å². The molecule has 0 amide bonds. The molecule has 0 heterocycles. The van der Waals surface area contributed by atoms with Gasteiger partial charge in [0.2, 0.25) is 0 Å². The van der Waals surface area contributed by atoms with E-state index in [1.54, 1.807) is 0 Å². The van der Waals surface area contributed by atoms with Gasteiger partial charge < -0.3 is 9.80 Å². The van der Waals surface area contributed by atoms with Gasteiger partial charge in [0.15, 0.2) is 0 Å². The van der Waals surface area contributed by atoms with Crippen LogP contribution in [-0.2, 0) is 0 Å². The molecule has 0 saturated carbocycles. The van der Waals surface area contributed by atoms with Crippen LogP contribution in [0.25, 0.3) is 65.9 Å². The Bertz CT molecular complexity index is 3160. The number of anilines is 3. The number of rotatable bonds is 11. The zero-order chi connectivity index (χ0) is 40.7. The molecule has 0 aromatic heterocycles. The van der Waals surface area contributed by atoms with E-state index in [0.29, 0.717) is 0 Å². The van der Waals surface area contributed by atoms with Crippen molar-refractivity contribution >= 4 is 71.8 Å². The highest BCUT2D eigenvalue weighted by Gasteiger charge is 2.23. The summed E-state index contributed by atoms with van der Waals surface area (Å²) < 4.78 is 0.